The molecule has 17 heavy (non-hydrogen) atoms. The lowest BCUT2D eigenvalue weighted by molar-refractivity contribution is -0.121. The Bertz CT molecular complexity index is 389. The molecule has 1 amide bonds. The lowest BCUT2D eigenvalue weighted by Crippen LogP contribution is -2.49. The summed E-state index contributed by atoms with van der Waals surface area (Å²) in [5.41, 5.74) is 6.06. The Hall–Kier alpha value is -1.55. The highest BCUT2D eigenvalue weighted by Gasteiger charge is 2.18. The molecule has 1 aromatic rings. The molecule has 0 unspecified atom stereocenters. The van der Waals surface area contributed by atoms with Gasteiger partial charge in [0.25, 0.3) is 0 Å². The first-order valence-electron chi connectivity index (χ1n) is 5.61. The average Bonchev–Trinajstić information content (AvgIpc) is 2.29. The van der Waals surface area contributed by atoms with Crippen molar-refractivity contribution in [3.8, 4) is 5.75 Å². The van der Waals surface area contributed by atoms with Crippen LogP contribution in [0.5, 0.6) is 5.75 Å². The second kappa shape index (κ2) is 5.68. The molecule has 4 nitrogen and oxygen atoms in total. The van der Waals surface area contributed by atoms with Crippen LogP contribution < -0.4 is 15.8 Å². The number of benzene rings is 1. The minimum atomic E-state index is -0.376. The predicted octanol–water partition coefficient (Wildman–Crippen LogP) is 1.09. The molecule has 0 spiro atoms. The van der Waals surface area contributed by atoms with Crippen molar-refractivity contribution in [2.24, 2.45) is 5.73 Å². The molecule has 0 heterocycles. The normalized spacial score (nSPS) is 11.1. The van der Waals surface area contributed by atoms with Crippen molar-refractivity contribution in [2.45, 2.75) is 25.8 Å². The van der Waals surface area contributed by atoms with Crippen molar-refractivity contribution in [2.75, 3.05) is 13.7 Å². The van der Waals surface area contributed by atoms with Crippen LogP contribution in [0.1, 0.15) is 19.4 Å². The quantitative estimate of drug-likeness (QED) is 0.804. The number of methoxy groups -OCH3 is 1. The monoisotopic (exact) mass is 236 g/mol. The number of hydrogen-bond acceptors (Lipinski definition) is 3. The molecule has 0 aliphatic carbocycles. The molecule has 3 N–H and O–H groups in total. The first kappa shape index (κ1) is 13.5. The zero-order chi connectivity index (χ0) is 12.9. The Labute approximate surface area is 102 Å². The molecule has 0 aliphatic heterocycles. The van der Waals surface area contributed by atoms with Crippen molar-refractivity contribution in [1.82, 2.24) is 5.32 Å². The van der Waals surface area contributed by atoms with Crippen LogP contribution in [0.4, 0.5) is 0 Å². The molecule has 1 aromatic carbocycles. The summed E-state index contributed by atoms with van der Waals surface area (Å²) in [4.78, 5) is 11.8. The lowest BCUT2D eigenvalue weighted by atomic mass is 10.0. The third-order valence-electron chi connectivity index (χ3n) is 2.53. The SMILES string of the molecule is COc1ccccc1CC(=O)NC(C)(C)CN. The zero-order valence-electron chi connectivity index (χ0n) is 10.6. The van der Waals surface area contributed by atoms with Crippen LogP contribution in [0.15, 0.2) is 24.3 Å². The molecule has 0 radical (unpaired) electrons. The standard InChI is InChI=1S/C13H20N2O2/c1-13(2,9-14)15-12(16)8-10-6-4-5-7-11(10)17-3/h4-7H,8-9,14H2,1-3H3,(H,15,16). The number of nitrogens with one attached hydrogen (secondary N) is 1. The van der Waals surface area contributed by atoms with E-state index in [1.54, 1.807) is 7.11 Å². The topological polar surface area (TPSA) is 64.3 Å². The summed E-state index contributed by atoms with van der Waals surface area (Å²) in [5.74, 6) is 0.679. The number of rotatable bonds is 5. The lowest BCUT2D eigenvalue weighted by Gasteiger charge is -2.24. The van der Waals surface area contributed by atoms with Gasteiger partial charge in [0.15, 0.2) is 0 Å². The largest absolute Gasteiger partial charge is 0.496 e. The number of carbonyl (C=O) groups is 1. The maximum atomic E-state index is 11.8. The van der Waals surface area contributed by atoms with Crippen LogP contribution in [0.3, 0.4) is 0 Å². The van der Waals surface area contributed by atoms with Gasteiger partial charge in [-0.2, -0.15) is 0 Å². The minimum Gasteiger partial charge on any atom is -0.496 e. The molecule has 4 heteroatoms. The molecule has 0 atom stereocenters. The van der Waals surface area contributed by atoms with E-state index in [1.807, 2.05) is 38.1 Å². The molecular formula is C13H20N2O2. The summed E-state index contributed by atoms with van der Waals surface area (Å²) < 4.78 is 5.20. The van der Waals surface area contributed by atoms with E-state index in [9.17, 15) is 4.79 Å². The molecule has 0 bridgehead atoms. The second-order valence-corrected chi connectivity index (χ2v) is 4.62. The van der Waals surface area contributed by atoms with Gasteiger partial charge in [0.1, 0.15) is 5.75 Å². The molecule has 0 aliphatic rings. The van der Waals surface area contributed by atoms with Crippen molar-refractivity contribution >= 4 is 5.91 Å². The van der Waals surface area contributed by atoms with E-state index in [0.717, 1.165) is 11.3 Å². The Morgan fingerprint density at radius 2 is 2.06 bits per heavy atom. The van der Waals surface area contributed by atoms with Crippen molar-refractivity contribution in [3.63, 3.8) is 0 Å². The molecule has 0 saturated carbocycles. The third kappa shape index (κ3) is 4.07. The fourth-order valence-electron chi connectivity index (χ4n) is 1.49. The Balaban J connectivity index is 2.68. The van der Waals surface area contributed by atoms with Crippen molar-refractivity contribution < 1.29 is 9.53 Å². The fraction of sp³-hybridized carbons (Fsp3) is 0.462. The number of ether oxygens (including phenoxy) is 1. The highest BCUT2D eigenvalue weighted by atomic mass is 16.5. The van der Waals surface area contributed by atoms with Gasteiger partial charge in [-0.1, -0.05) is 18.2 Å². The smallest absolute Gasteiger partial charge is 0.225 e. The summed E-state index contributed by atoms with van der Waals surface area (Å²) in [6.07, 6.45) is 0.299. The van der Waals surface area contributed by atoms with E-state index in [2.05, 4.69) is 5.32 Å². The average molecular weight is 236 g/mol. The van der Waals surface area contributed by atoms with E-state index in [0.29, 0.717) is 13.0 Å². The highest BCUT2D eigenvalue weighted by Crippen LogP contribution is 2.17. The number of carbonyl (C=O) groups excluding carboxylic acids is 1. The van der Waals surface area contributed by atoms with Gasteiger partial charge in [0, 0.05) is 17.6 Å². The summed E-state index contributed by atoms with van der Waals surface area (Å²) in [6, 6.07) is 7.49. The maximum Gasteiger partial charge on any atom is 0.225 e. The fourth-order valence-corrected chi connectivity index (χ4v) is 1.49. The van der Waals surface area contributed by atoms with E-state index in [4.69, 9.17) is 10.5 Å². The zero-order valence-corrected chi connectivity index (χ0v) is 10.6. The van der Waals surface area contributed by atoms with Crippen LogP contribution in [0, 0.1) is 0 Å². The summed E-state index contributed by atoms with van der Waals surface area (Å²) >= 11 is 0. The van der Waals surface area contributed by atoms with Crippen LogP contribution in [-0.2, 0) is 11.2 Å². The molecule has 0 aromatic heterocycles. The van der Waals surface area contributed by atoms with Crippen LogP contribution in [0.2, 0.25) is 0 Å². The van der Waals surface area contributed by atoms with E-state index in [1.165, 1.54) is 0 Å². The van der Waals surface area contributed by atoms with Crippen molar-refractivity contribution in [3.05, 3.63) is 29.8 Å². The summed E-state index contributed by atoms with van der Waals surface area (Å²) in [5, 5.41) is 2.89. The van der Waals surface area contributed by atoms with E-state index in [-0.39, 0.29) is 11.4 Å². The summed E-state index contributed by atoms with van der Waals surface area (Å²) in [6.45, 7) is 4.20. The van der Waals surface area contributed by atoms with Gasteiger partial charge in [0.05, 0.1) is 13.5 Å². The minimum absolute atomic E-state index is 0.0510. The van der Waals surface area contributed by atoms with Crippen LogP contribution >= 0.6 is 0 Å². The van der Waals surface area contributed by atoms with Crippen molar-refractivity contribution in [1.29, 1.82) is 0 Å². The predicted molar refractivity (Wildman–Crippen MR) is 68.0 cm³/mol. The first-order valence-corrected chi connectivity index (χ1v) is 5.61. The number of nitrogens with two attached hydrogens (primary N) is 1. The van der Waals surface area contributed by atoms with Gasteiger partial charge < -0.3 is 15.8 Å². The highest BCUT2D eigenvalue weighted by molar-refractivity contribution is 5.80. The Morgan fingerprint density at radius 3 is 2.65 bits per heavy atom. The van der Waals surface area contributed by atoms with Gasteiger partial charge in [-0.3, -0.25) is 4.79 Å². The third-order valence-corrected chi connectivity index (χ3v) is 2.53. The van der Waals surface area contributed by atoms with Gasteiger partial charge in [0.2, 0.25) is 5.91 Å². The molecule has 1 rings (SSSR count). The van der Waals surface area contributed by atoms with Gasteiger partial charge >= 0.3 is 0 Å². The Morgan fingerprint density at radius 1 is 1.41 bits per heavy atom. The Kier molecular flexibility index (Phi) is 4.52. The maximum absolute atomic E-state index is 11.8. The molecular weight excluding hydrogens is 216 g/mol. The number of para-hydroxylation sites is 1. The van der Waals surface area contributed by atoms with Gasteiger partial charge in [-0.05, 0) is 19.9 Å². The van der Waals surface area contributed by atoms with Crippen LogP contribution in [0.25, 0.3) is 0 Å². The van der Waals surface area contributed by atoms with E-state index >= 15 is 0 Å². The molecule has 94 valence electrons. The summed E-state index contributed by atoms with van der Waals surface area (Å²) in [7, 11) is 1.60. The first-order chi connectivity index (χ1) is 7.98. The molecule has 0 fully saturated rings. The second-order valence-electron chi connectivity index (χ2n) is 4.62. The van der Waals surface area contributed by atoms with E-state index < -0.39 is 0 Å². The van der Waals surface area contributed by atoms with Gasteiger partial charge in [-0.15, -0.1) is 0 Å². The molecule has 0 saturated heterocycles. The van der Waals surface area contributed by atoms with Gasteiger partial charge in [-0.25, -0.2) is 0 Å². The van der Waals surface area contributed by atoms with Crippen LogP contribution in [-0.4, -0.2) is 25.1 Å². The number of amides is 1. The number of hydrogen-bond donors (Lipinski definition) is 2.